The van der Waals surface area contributed by atoms with Crippen molar-refractivity contribution in [3.8, 4) is 5.75 Å². The fourth-order valence-electron chi connectivity index (χ4n) is 2.06. The first-order valence-corrected chi connectivity index (χ1v) is 6.50. The maximum absolute atomic E-state index is 13.2. The highest BCUT2D eigenvalue weighted by atomic mass is 19.1. The summed E-state index contributed by atoms with van der Waals surface area (Å²) in [5.41, 5.74) is 2.70. The molecule has 0 aliphatic heterocycles. The van der Waals surface area contributed by atoms with E-state index in [1.165, 1.54) is 18.2 Å². The highest BCUT2D eigenvalue weighted by Gasteiger charge is 2.06. The predicted molar refractivity (Wildman–Crippen MR) is 79.2 cm³/mol. The summed E-state index contributed by atoms with van der Waals surface area (Å²) in [6.45, 7) is 1.20. The van der Waals surface area contributed by atoms with Crippen molar-refractivity contribution >= 4 is 5.69 Å². The summed E-state index contributed by atoms with van der Waals surface area (Å²) in [5.74, 6) is -0.245. The van der Waals surface area contributed by atoms with Crippen LogP contribution in [0.15, 0.2) is 42.5 Å². The molecule has 106 valence electrons. The number of anilines is 1. The first-order chi connectivity index (χ1) is 9.56. The normalized spacial score (nSPS) is 10.8. The molecule has 0 atom stereocenters. The second kappa shape index (κ2) is 6.39. The summed E-state index contributed by atoms with van der Waals surface area (Å²) in [6, 6.07) is 11.9. The highest BCUT2D eigenvalue weighted by molar-refractivity contribution is 5.52. The van der Waals surface area contributed by atoms with Crippen molar-refractivity contribution in [2.24, 2.45) is 0 Å². The molecule has 0 aliphatic carbocycles. The van der Waals surface area contributed by atoms with Crippen LogP contribution in [0.4, 0.5) is 10.1 Å². The molecule has 2 aromatic carbocycles. The number of hydrogen-bond acceptors (Lipinski definition) is 3. The van der Waals surface area contributed by atoms with Gasteiger partial charge in [0.2, 0.25) is 0 Å². The van der Waals surface area contributed by atoms with Gasteiger partial charge in [-0.05, 0) is 43.9 Å². The lowest BCUT2D eigenvalue weighted by atomic mass is 10.1. The molecular weight excluding hydrogens is 255 g/mol. The minimum atomic E-state index is -0.346. The Labute approximate surface area is 118 Å². The van der Waals surface area contributed by atoms with Crippen LogP contribution in [-0.2, 0) is 13.1 Å². The number of halogens is 1. The van der Waals surface area contributed by atoms with E-state index < -0.39 is 0 Å². The van der Waals surface area contributed by atoms with Gasteiger partial charge in [-0.3, -0.25) is 0 Å². The largest absolute Gasteiger partial charge is 0.508 e. The van der Waals surface area contributed by atoms with Gasteiger partial charge < -0.3 is 15.3 Å². The van der Waals surface area contributed by atoms with Crippen molar-refractivity contribution in [2.75, 3.05) is 19.4 Å². The molecule has 0 spiro atoms. The molecule has 0 heterocycles. The lowest BCUT2D eigenvalue weighted by Gasteiger charge is -2.16. The summed E-state index contributed by atoms with van der Waals surface area (Å²) in [5, 5.41) is 13.0. The summed E-state index contributed by atoms with van der Waals surface area (Å²) >= 11 is 0. The second-order valence-electron chi connectivity index (χ2n) is 5.02. The van der Waals surface area contributed by atoms with E-state index in [2.05, 4.69) is 10.2 Å². The molecule has 0 bridgehead atoms. The zero-order chi connectivity index (χ0) is 14.5. The maximum Gasteiger partial charge on any atom is 0.123 e. The van der Waals surface area contributed by atoms with Gasteiger partial charge in [-0.25, -0.2) is 4.39 Å². The number of aromatic hydroxyl groups is 1. The van der Waals surface area contributed by atoms with Crippen LogP contribution in [0, 0.1) is 5.82 Å². The average Bonchev–Trinajstić information content (AvgIpc) is 2.41. The summed E-state index contributed by atoms with van der Waals surface area (Å²) in [4.78, 5) is 2.08. The van der Waals surface area contributed by atoms with Crippen molar-refractivity contribution in [3.05, 3.63) is 59.4 Å². The van der Waals surface area contributed by atoms with Gasteiger partial charge in [0.1, 0.15) is 11.6 Å². The maximum atomic E-state index is 13.2. The zero-order valence-corrected chi connectivity index (χ0v) is 11.7. The third kappa shape index (κ3) is 3.71. The van der Waals surface area contributed by atoms with E-state index in [1.54, 1.807) is 0 Å². The number of benzene rings is 2. The van der Waals surface area contributed by atoms with Crippen LogP contribution in [0.5, 0.6) is 5.75 Å². The highest BCUT2D eigenvalue weighted by Crippen LogP contribution is 2.21. The van der Waals surface area contributed by atoms with Gasteiger partial charge in [0.05, 0.1) is 0 Å². The van der Waals surface area contributed by atoms with Crippen LogP contribution in [0.3, 0.4) is 0 Å². The first-order valence-electron chi connectivity index (χ1n) is 6.50. The van der Waals surface area contributed by atoms with Gasteiger partial charge in [-0.1, -0.05) is 18.2 Å². The van der Waals surface area contributed by atoms with Gasteiger partial charge in [0, 0.05) is 24.3 Å². The molecule has 0 radical (unpaired) electrons. The van der Waals surface area contributed by atoms with E-state index in [9.17, 15) is 9.50 Å². The number of phenols is 1. The monoisotopic (exact) mass is 274 g/mol. The topological polar surface area (TPSA) is 35.5 Å². The predicted octanol–water partition coefficient (Wildman–Crippen LogP) is 3.21. The summed E-state index contributed by atoms with van der Waals surface area (Å²) in [6.07, 6.45) is 0. The molecule has 0 amide bonds. The van der Waals surface area contributed by atoms with Crippen molar-refractivity contribution in [3.63, 3.8) is 0 Å². The molecule has 3 nitrogen and oxygen atoms in total. The fraction of sp³-hybridized carbons (Fsp3) is 0.250. The quantitative estimate of drug-likeness (QED) is 0.879. The Morgan fingerprint density at radius 1 is 1.10 bits per heavy atom. The average molecular weight is 274 g/mol. The molecule has 20 heavy (non-hydrogen) atoms. The molecule has 0 saturated carbocycles. The second-order valence-corrected chi connectivity index (χ2v) is 5.02. The number of phenolic OH excluding ortho intramolecular Hbond substituents is 1. The van der Waals surface area contributed by atoms with E-state index in [0.717, 1.165) is 17.8 Å². The minimum Gasteiger partial charge on any atom is -0.508 e. The van der Waals surface area contributed by atoms with Crippen LogP contribution >= 0.6 is 0 Å². The molecule has 0 saturated heterocycles. The molecule has 2 N–H and O–H groups in total. The summed E-state index contributed by atoms with van der Waals surface area (Å²) < 4.78 is 13.2. The Balaban J connectivity index is 2.12. The van der Waals surface area contributed by atoms with Crippen LogP contribution in [0.25, 0.3) is 0 Å². The van der Waals surface area contributed by atoms with Gasteiger partial charge in [-0.2, -0.15) is 0 Å². The lowest BCUT2D eigenvalue weighted by molar-refractivity contribution is 0.403. The van der Waals surface area contributed by atoms with Gasteiger partial charge in [0.15, 0.2) is 0 Å². The van der Waals surface area contributed by atoms with E-state index in [1.807, 2.05) is 38.4 Å². The standard InChI is InChI=1S/C16H19FN2O/c1-19(2)11-12-5-3-4-6-15(12)18-10-13-9-14(17)7-8-16(13)20/h3-9,18,20H,10-11H2,1-2H3. The minimum absolute atomic E-state index is 0.101. The van der Waals surface area contributed by atoms with Crippen LogP contribution in [-0.4, -0.2) is 24.1 Å². The molecule has 4 heteroatoms. The van der Waals surface area contributed by atoms with Crippen molar-refractivity contribution < 1.29 is 9.50 Å². The molecule has 0 unspecified atom stereocenters. The number of para-hydroxylation sites is 1. The van der Waals surface area contributed by atoms with Crippen LogP contribution in [0.1, 0.15) is 11.1 Å². The number of rotatable bonds is 5. The number of nitrogens with zero attached hydrogens (tertiary/aromatic N) is 1. The Morgan fingerprint density at radius 3 is 2.60 bits per heavy atom. The Hall–Kier alpha value is -2.07. The molecular formula is C16H19FN2O. The third-order valence-electron chi connectivity index (χ3n) is 3.01. The molecule has 0 aliphatic rings. The van der Waals surface area contributed by atoms with Crippen molar-refractivity contribution in [1.29, 1.82) is 0 Å². The van der Waals surface area contributed by atoms with E-state index >= 15 is 0 Å². The zero-order valence-electron chi connectivity index (χ0n) is 11.7. The van der Waals surface area contributed by atoms with E-state index in [4.69, 9.17) is 0 Å². The van der Waals surface area contributed by atoms with Crippen LogP contribution < -0.4 is 5.32 Å². The third-order valence-corrected chi connectivity index (χ3v) is 3.01. The molecule has 0 aromatic heterocycles. The smallest absolute Gasteiger partial charge is 0.123 e. The first kappa shape index (κ1) is 14.3. The van der Waals surface area contributed by atoms with E-state index in [-0.39, 0.29) is 11.6 Å². The number of nitrogens with one attached hydrogen (secondary N) is 1. The lowest BCUT2D eigenvalue weighted by Crippen LogP contribution is -2.13. The Morgan fingerprint density at radius 2 is 1.85 bits per heavy atom. The molecule has 2 aromatic rings. The van der Waals surface area contributed by atoms with Crippen LogP contribution in [0.2, 0.25) is 0 Å². The van der Waals surface area contributed by atoms with Gasteiger partial charge in [0.25, 0.3) is 0 Å². The van der Waals surface area contributed by atoms with Crippen molar-refractivity contribution in [1.82, 2.24) is 4.90 Å². The molecule has 2 rings (SSSR count). The van der Waals surface area contributed by atoms with E-state index in [0.29, 0.717) is 12.1 Å². The van der Waals surface area contributed by atoms with Gasteiger partial charge in [-0.15, -0.1) is 0 Å². The SMILES string of the molecule is CN(C)Cc1ccccc1NCc1cc(F)ccc1O. The molecule has 0 fully saturated rings. The Kier molecular flexibility index (Phi) is 4.58. The Bertz CT molecular complexity index is 584. The van der Waals surface area contributed by atoms with Crippen molar-refractivity contribution in [2.45, 2.75) is 13.1 Å². The van der Waals surface area contributed by atoms with Gasteiger partial charge >= 0.3 is 0 Å². The number of hydrogen-bond donors (Lipinski definition) is 2. The fourth-order valence-corrected chi connectivity index (χ4v) is 2.06. The summed E-state index contributed by atoms with van der Waals surface area (Å²) in [7, 11) is 4.02.